The van der Waals surface area contributed by atoms with E-state index in [0.29, 0.717) is 12.2 Å². The number of hydrogen-bond donors (Lipinski definition) is 1. The van der Waals surface area contributed by atoms with Crippen molar-refractivity contribution in [2.45, 2.75) is 32.7 Å². The molecule has 0 aliphatic rings. The number of rotatable bonds is 5. The van der Waals surface area contributed by atoms with Crippen LogP contribution in [0.2, 0.25) is 0 Å². The van der Waals surface area contributed by atoms with E-state index in [9.17, 15) is 4.39 Å². The Labute approximate surface area is 133 Å². The molecule has 0 fully saturated rings. The van der Waals surface area contributed by atoms with Gasteiger partial charge in [0.25, 0.3) is 0 Å². The number of ether oxygens (including phenoxy) is 1. The van der Waals surface area contributed by atoms with Crippen molar-refractivity contribution in [3.05, 3.63) is 57.8 Å². The molecular formula is C17H19BrFNO. The number of nitrogens with two attached hydrogens (primary N) is 1. The van der Waals surface area contributed by atoms with Crippen LogP contribution in [-0.2, 0) is 6.42 Å². The highest BCUT2D eigenvalue weighted by Gasteiger charge is 2.13. The lowest BCUT2D eigenvalue weighted by atomic mass is 10.0. The highest BCUT2D eigenvalue weighted by Crippen LogP contribution is 2.31. The van der Waals surface area contributed by atoms with Crippen molar-refractivity contribution in [1.29, 1.82) is 0 Å². The molecule has 0 bridgehead atoms. The minimum absolute atomic E-state index is 0.000744. The summed E-state index contributed by atoms with van der Waals surface area (Å²) in [5.41, 5.74) is 7.81. The van der Waals surface area contributed by atoms with Crippen molar-refractivity contribution in [2.75, 3.05) is 0 Å². The van der Waals surface area contributed by atoms with Crippen LogP contribution >= 0.6 is 15.9 Å². The predicted octanol–water partition coefficient (Wildman–Crippen LogP) is 4.97. The van der Waals surface area contributed by atoms with Gasteiger partial charge in [-0.05, 0) is 55.2 Å². The van der Waals surface area contributed by atoms with Crippen molar-refractivity contribution in [3.8, 4) is 11.5 Å². The molecule has 0 aliphatic carbocycles. The zero-order chi connectivity index (χ0) is 15.4. The van der Waals surface area contributed by atoms with Gasteiger partial charge in [0.2, 0.25) is 0 Å². The van der Waals surface area contributed by atoms with Gasteiger partial charge in [0.05, 0.1) is 0 Å². The first-order valence-electron chi connectivity index (χ1n) is 6.98. The first-order valence-corrected chi connectivity index (χ1v) is 7.77. The molecule has 1 unspecified atom stereocenters. The molecule has 0 radical (unpaired) electrons. The maximum absolute atomic E-state index is 14.1. The zero-order valence-corrected chi connectivity index (χ0v) is 13.8. The molecule has 0 saturated heterocycles. The van der Waals surface area contributed by atoms with E-state index in [4.69, 9.17) is 10.5 Å². The van der Waals surface area contributed by atoms with Gasteiger partial charge in [-0.1, -0.05) is 35.0 Å². The predicted molar refractivity (Wildman–Crippen MR) is 87.3 cm³/mol. The van der Waals surface area contributed by atoms with E-state index >= 15 is 0 Å². The van der Waals surface area contributed by atoms with Crippen LogP contribution in [0.25, 0.3) is 0 Å². The van der Waals surface area contributed by atoms with E-state index in [2.05, 4.69) is 15.9 Å². The van der Waals surface area contributed by atoms with E-state index in [1.54, 1.807) is 6.07 Å². The van der Waals surface area contributed by atoms with E-state index in [0.717, 1.165) is 22.0 Å². The molecule has 1 atom stereocenters. The van der Waals surface area contributed by atoms with Gasteiger partial charge in [-0.3, -0.25) is 0 Å². The molecule has 0 saturated carbocycles. The second-order valence-corrected chi connectivity index (χ2v) is 5.97. The standard InChI is InChI=1S/C17H19BrFNO/c1-3-13(20)10-12-5-4-6-16(19)17(12)21-14-7-8-15(18)11(2)9-14/h4-9,13H,3,10,20H2,1-2H3. The van der Waals surface area contributed by atoms with Gasteiger partial charge in [0, 0.05) is 10.5 Å². The summed E-state index contributed by atoms with van der Waals surface area (Å²) in [4.78, 5) is 0. The topological polar surface area (TPSA) is 35.2 Å². The largest absolute Gasteiger partial charge is 0.454 e. The summed E-state index contributed by atoms with van der Waals surface area (Å²) in [5.74, 6) is 0.520. The Hall–Kier alpha value is -1.39. The van der Waals surface area contributed by atoms with Gasteiger partial charge in [0.1, 0.15) is 5.75 Å². The van der Waals surface area contributed by atoms with Crippen molar-refractivity contribution < 1.29 is 9.13 Å². The van der Waals surface area contributed by atoms with Crippen LogP contribution < -0.4 is 10.5 Å². The molecule has 2 nitrogen and oxygen atoms in total. The summed E-state index contributed by atoms with van der Waals surface area (Å²) in [7, 11) is 0. The summed E-state index contributed by atoms with van der Waals surface area (Å²) >= 11 is 3.44. The summed E-state index contributed by atoms with van der Waals surface area (Å²) in [5, 5.41) is 0. The molecule has 2 aromatic carbocycles. The fraction of sp³-hybridized carbons (Fsp3) is 0.294. The number of hydrogen-bond acceptors (Lipinski definition) is 2. The maximum Gasteiger partial charge on any atom is 0.166 e. The third-order valence-corrected chi connectivity index (χ3v) is 4.29. The Morgan fingerprint density at radius 1 is 1.29 bits per heavy atom. The van der Waals surface area contributed by atoms with Crippen LogP contribution in [-0.4, -0.2) is 6.04 Å². The van der Waals surface area contributed by atoms with Crippen molar-refractivity contribution in [3.63, 3.8) is 0 Å². The smallest absolute Gasteiger partial charge is 0.166 e. The molecule has 0 spiro atoms. The number of aryl methyl sites for hydroxylation is 1. The van der Waals surface area contributed by atoms with Gasteiger partial charge < -0.3 is 10.5 Å². The van der Waals surface area contributed by atoms with Crippen LogP contribution in [0, 0.1) is 12.7 Å². The molecule has 2 N–H and O–H groups in total. The fourth-order valence-corrected chi connectivity index (χ4v) is 2.30. The minimum Gasteiger partial charge on any atom is -0.454 e. The lowest BCUT2D eigenvalue weighted by molar-refractivity contribution is 0.433. The molecule has 0 amide bonds. The normalized spacial score (nSPS) is 12.2. The molecule has 21 heavy (non-hydrogen) atoms. The van der Waals surface area contributed by atoms with Gasteiger partial charge in [0.15, 0.2) is 11.6 Å². The monoisotopic (exact) mass is 351 g/mol. The van der Waals surface area contributed by atoms with Crippen molar-refractivity contribution in [2.24, 2.45) is 5.73 Å². The Morgan fingerprint density at radius 3 is 2.71 bits per heavy atom. The molecule has 2 rings (SSSR count). The minimum atomic E-state index is -0.364. The molecular weight excluding hydrogens is 333 g/mol. The van der Waals surface area contributed by atoms with E-state index in [1.807, 2.05) is 38.1 Å². The zero-order valence-electron chi connectivity index (χ0n) is 12.2. The second-order valence-electron chi connectivity index (χ2n) is 5.11. The van der Waals surface area contributed by atoms with Crippen molar-refractivity contribution >= 4 is 15.9 Å². The summed E-state index contributed by atoms with van der Waals surface area (Å²) in [6.07, 6.45) is 1.44. The average Bonchev–Trinajstić information content (AvgIpc) is 2.46. The quantitative estimate of drug-likeness (QED) is 0.825. The highest BCUT2D eigenvalue weighted by molar-refractivity contribution is 9.10. The highest BCUT2D eigenvalue weighted by atomic mass is 79.9. The third kappa shape index (κ3) is 4.05. The van der Waals surface area contributed by atoms with Crippen LogP contribution in [0.15, 0.2) is 40.9 Å². The summed E-state index contributed by atoms with van der Waals surface area (Å²) in [6, 6.07) is 10.5. The van der Waals surface area contributed by atoms with Crippen molar-refractivity contribution in [1.82, 2.24) is 0 Å². The van der Waals surface area contributed by atoms with Crippen LogP contribution in [0.3, 0.4) is 0 Å². The lowest BCUT2D eigenvalue weighted by Crippen LogP contribution is -2.21. The molecule has 0 aliphatic heterocycles. The fourth-order valence-electron chi connectivity index (χ4n) is 2.05. The molecule has 112 valence electrons. The molecule has 4 heteroatoms. The van der Waals surface area contributed by atoms with Gasteiger partial charge >= 0.3 is 0 Å². The van der Waals surface area contributed by atoms with E-state index in [-0.39, 0.29) is 17.6 Å². The van der Waals surface area contributed by atoms with Crippen LogP contribution in [0.4, 0.5) is 4.39 Å². The van der Waals surface area contributed by atoms with Gasteiger partial charge in [-0.2, -0.15) is 0 Å². The van der Waals surface area contributed by atoms with Crippen LogP contribution in [0.5, 0.6) is 11.5 Å². The Kier molecular flexibility index (Phi) is 5.37. The second kappa shape index (κ2) is 7.05. The number of para-hydroxylation sites is 1. The number of benzene rings is 2. The first-order chi connectivity index (χ1) is 10.0. The molecule has 0 aromatic heterocycles. The SMILES string of the molecule is CCC(N)Cc1cccc(F)c1Oc1ccc(Br)c(C)c1. The van der Waals surface area contributed by atoms with Gasteiger partial charge in [-0.25, -0.2) is 4.39 Å². The Bertz CT molecular complexity index is 630. The Morgan fingerprint density at radius 2 is 2.05 bits per heavy atom. The molecule has 2 aromatic rings. The third-order valence-electron chi connectivity index (χ3n) is 3.40. The van der Waals surface area contributed by atoms with Crippen LogP contribution in [0.1, 0.15) is 24.5 Å². The lowest BCUT2D eigenvalue weighted by Gasteiger charge is -2.15. The average molecular weight is 352 g/mol. The summed E-state index contributed by atoms with van der Waals surface area (Å²) in [6.45, 7) is 3.98. The molecule has 0 heterocycles. The van der Waals surface area contributed by atoms with Gasteiger partial charge in [-0.15, -0.1) is 0 Å². The van der Waals surface area contributed by atoms with E-state index < -0.39 is 0 Å². The maximum atomic E-state index is 14.1. The number of halogens is 2. The first kappa shape index (κ1) is 16.0. The Balaban J connectivity index is 2.31. The summed E-state index contributed by atoms with van der Waals surface area (Å²) < 4.78 is 20.9. The van der Waals surface area contributed by atoms with E-state index in [1.165, 1.54) is 6.07 Å².